The Bertz CT molecular complexity index is 370. The van der Waals surface area contributed by atoms with Crippen molar-refractivity contribution in [3.8, 4) is 0 Å². The first-order chi connectivity index (χ1) is 6.35. The molecule has 0 saturated heterocycles. The first-order valence-corrected chi connectivity index (χ1v) is 4.52. The maximum absolute atomic E-state index is 11.1. The van der Waals surface area contributed by atoms with Crippen LogP contribution in [0, 0.1) is 13.8 Å². The highest BCUT2D eigenvalue weighted by Crippen LogP contribution is 2.20. The van der Waals surface area contributed by atoms with E-state index >= 15 is 0 Å². The normalized spacial score (nSPS) is 14.9. The van der Waals surface area contributed by atoms with Gasteiger partial charge in [-0.2, -0.15) is 0 Å². The third kappa shape index (κ3) is 1.77. The maximum Gasteiger partial charge on any atom is 0.241 e. The number of amides is 1. The van der Waals surface area contributed by atoms with E-state index in [9.17, 15) is 4.79 Å². The fourth-order valence-electron chi connectivity index (χ4n) is 1.21. The third-order valence-corrected chi connectivity index (χ3v) is 2.62. The average Bonchev–Trinajstić information content (AvgIpc) is 2.09. The Morgan fingerprint density at radius 2 is 1.86 bits per heavy atom. The van der Waals surface area contributed by atoms with Crippen molar-refractivity contribution in [2.45, 2.75) is 26.3 Å². The van der Waals surface area contributed by atoms with Crippen LogP contribution in [0.15, 0.2) is 18.2 Å². The van der Waals surface area contributed by atoms with Gasteiger partial charge in [0.1, 0.15) is 5.54 Å². The molecule has 0 aliphatic heterocycles. The first-order valence-electron chi connectivity index (χ1n) is 4.52. The molecule has 0 spiro atoms. The van der Waals surface area contributed by atoms with Crippen molar-refractivity contribution in [1.82, 2.24) is 0 Å². The smallest absolute Gasteiger partial charge is 0.241 e. The second-order valence-corrected chi connectivity index (χ2v) is 3.87. The van der Waals surface area contributed by atoms with Gasteiger partial charge in [-0.3, -0.25) is 4.79 Å². The highest BCUT2D eigenvalue weighted by molar-refractivity contribution is 5.85. The molecule has 1 rings (SSSR count). The minimum atomic E-state index is -1.08. The molecular formula is C11H16N2O. The standard InChI is InChI=1S/C11H16N2O/c1-7-4-5-9(6-8(7)2)11(3,13)10(12)14/h4-6H,13H2,1-3H3,(H2,12,14). The zero-order chi connectivity index (χ0) is 10.9. The summed E-state index contributed by atoms with van der Waals surface area (Å²) in [4.78, 5) is 11.1. The highest BCUT2D eigenvalue weighted by Gasteiger charge is 2.27. The molecule has 14 heavy (non-hydrogen) atoms. The van der Waals surface area contributed by atoms with E-state index in [1.807, 2.05) is 32.0 Å². The van der Waals surface area contributed by atoms with E-state index in [4.69, 9.17) is 11.5 Å². The van der Waals surface area contributed by atoms with Gasteiger partial charge in [-0.15, -0.1) is 0 Å². The van der Waals surface area contributed by atoms with E-state index in [2.05, 4.69) is 0 Å². The van der Waals surface area contributed by atoms with Gasteiger partial charge in [0.2, 0.25) is 5.91 Å². The Balaban J connectivity index is 3.21. The lowest BCUT2D eigenvalue weighted by Gasteiger charge is -2.21. The van der Waals surface area contributed by atoms with Crippen molar-refractivity contribution in [2.75, 3.05) is 0 Å². The van der Waals surface area contributed by atoms with Crippen LogP contribution < -0.4 is 11.5 Å². The van der Waals surface area contributed by atoms with E-state index in [0.29, 0.717) is 0 Å². The van der Waals surface area contributed by atoms with Gasteiger partial charge in [0, 0.05) is 0 Å². The summed E-state index contributed by atoms with van der Waals surface area (Å²) in [6, 6.07) is 5.69. The van der Waals surface area contributed by atoms with Crippen LogP contribution in [0.25, 0.3) is 0 Å². The average molecular weight is 192 g/mol. The number of carbonyl (C=O) groups is 1. The van der Waals surface area contributed by atoms with E-state index < -0.39 is 11.4 Å². The molecule has 0 aromatic heterocycles. The Morgan fingerprint density at radius 3 is 2.29 bits per heavy atom. The van der Waals surface area contributed by atoms with Crippen LogP contribution in [0.1, 0.15) is 23.6 Å². The number of benzene rings is 1. The summed E-state index contributed by atoms with van der Waals surface area (Å²) < 4.78 is 0. The fraction of sp³-hybridized carbons (Fsp3) is 0.364. The Hall–Kier alpha value is -1.35. The van der Waals surface area contributed by atoms with E-state index in [0.717, 1.165) is 11.1 Å². The number of rotatable bonds is 2. The summed E-state index contributed by atoms with van der Waals surface area (Å²) in [6.45, 7) is 5.62. The second kappa shape index (κ2) is 3.42. The lowest BCUT2D eigenvalue weighted by Crippen LogP contribution is -2.46. The zero-order valence-corrected chi connectivity index (χ0v) is 8.79. The number of primary amides is 1. The third-order valence-electron chi connectivity index (χ3n) is 2.62. The summed E-state index contributed by atoms with van der Waals surface area (Å²) in [5, 5.41) is 0. The molecule has 0 aliphatic rings. The molecule has 3 heteroatoms. The number of carbonyl (C=O) groups excluding carboxylic acids is 1. The number of aryl methyl sites for hydroxylation is 2. The van der Waals surface area contributed by atoms with Gasteiger partial charge in [-0.1, -0.05) is 18.2 Å². The van der Waals surface area contributed by atoms with Gasteiger partial charge in [0.05, 0.1) is 0 Å². The molecule has 0 fully saturated rings. The zero-order valence-electron chi connectivity index (χ0n) is 8.79. The summed E-state index contributed by atoms with van der Waals surface area (Å²) in [6.07, 6.45) is 0. The van der Waals surface area contributed by atoms with Crippen LogP contribution in [0.4, 0.5) is 0 Å². The maximum atomic E-state index is 11.1. The van der Waals surface area contributed by atoms with Crippen molar-refractivity contribution in [3.63, 3.8) is 0 Å². The molecule has 0 bridgehead atoms. The van der Waals surface area contributed by atoms with Gasteiger partial charge < -0.3 is 11.5 Å². The van der Waals surface area contributed by atoms with Gasteiger partial charge >= 0.3 is 0 Å². The number of nitrogens with two attached hydrogens (primary N) is 2. The molecule has 1 aromatic carbocycles. The molecule has 1 unspecified atom stereocenters. The van der Waals surface area contributed by atoms with E-state index in [-0.39, 0.29) is 0 Å². The molecule has 0 heterocycles. The number of hydrogen-bond donors (Lipinski definition) is 2. The Labute approximate surface area is 84.1 Å². The molecule has 1 atom stereocenters. The molecule has 0 radical (unpaired) electrons. The van der Waals surface area contributed by atoms with Crippen LogP contribution in [0.2, 0.25) is 0 Å². The predicted octanol–water partition coefficient (Wildman–Crippen LogP) is 0.963. The molecule has 0 saturated carbocycles. The molecular weight excluding hydrogens is 176 g/mol. The molecule has 4 N–H and O–H groups in total. The largest absolute Gasteiger partial charge is 0.368 e. The summed E-state index contributed by atoms with van der Waals surface area (Å²) in [5.41, 5.74) is 13.0. The van der Waals surface area contributed by atoms with Gasteiger partial charge in [-0.05, 0) is 37.5 Å². The van der Waals surface area contributed by atoms with Crippen molar-refractivity contribution in [2.24, 2.45) is 11.5 Å². The lowest BCUT2D eigenvalue weighted by atomic mass is 9.90. The molecule has 3 nitrogen and oxygen atoms in total. The highest BCUT2D eigenvalue weighted by atomic mass is 16.1. The van der Waals surface area contributed by atoms with Crippen molar-refractivity contribution in [3.05, 3.63) is 34.9 Å². The molecule has 1 aromatic rings. The van der Waals surface area contributed by atoms with Crippen LogP contribution >= 0.6 is 0 Å². The SMILES string of the molecule is Cc1ccc(C(C)(N)C(N)=O)cc1C. The summed E-state index contributed by atoms with van der Waals surface area (Å²) in [7, 11) is 0. The topological polar surface area (TPSA) is 69.1 Å². The summed E-state index contributed by atoms with van der Waals surface area (Å²) >= 11 is 0. The lowest BCUT2D eigenvalue weighted by molar-refractivity contribution is -0.122. The van der Waals surface area contributed by atoms with Gasteiger partial charge in [-0.25, -0.2) is 0 Å². The van der Waals surface area contributed by atoms with Crippen LogP contribution in [0.5, 0.6) is 0 Å². The van der Waals surface area contributed by atoms with Crippen LogP contribution in [-0.2, 0) is 10.3 Å². The van der Waals surface area contributed by atoms with Gasteiger partial charge in [0.15, 0.2) is 0 Å². The van der Waals surface area contributed by atoms with E-state index in [1.165, 1.54) is 5.56 Å². The van der Waals surface area contributed by atoms with Crippen LogP contribution in [0.3, 0.4) is 0 Å². The Kier molecular flexibility index (Phi) is 2.62. The molecule has 0 aliphatic carbocycles. The minimum absolute atomic E-state index is 0.513. The predicted molar refractivity (Wildman–Crippen MR) is 56.6 cm³/mol. The number of hydrogen-bond acceptors (Lipinski definition) is 2. The van der Waals surface area contributed by atoms with E-state index in [1.54, 1.807) is 6.92 Å². The van der Waals surface area contributed by atoms with Crippen LogP contribution in [-0.4, -0.2) is 5.91 Å². The first kappa shape index (κ1) is 10.7. The Morgan fingerprint density at radius 1 is 1.29 bits per heavy atom. The minimum Gasteiger partial charge on any atom is -0.368 e. The fourth-order valence-corrected chi connectivity index (χ4v) is 1.21. The van der Waals surface area contributed by atoms with Crippen molar-refractivity contribution >= 4 is 5.91 Å². The quantitative estimate of drug-likeness (QED) is 0.732. The van der Waals surface area contributed by atoms with Crippen molar-refractivity contribution in [1.29, 1.82) is 0 Å². The molecule has 1 amide bonds. The summed E-state index contributed by atoms with van der Waals surface area (Å²) in [5.74, 6) is -0.513. The molecule has 76 valence electrons. The van der Waals surface area contributed by atoms with Crippen molar-refractivity contribution < 1.29 is 4.79 Å². The second-order valence-electron chi connectivity index (χ2n) is 3.87. The van der Waals surface area contributed by atoms with Gasteiger partial charge in [0.25, 0.3) is 0 Å². The monoisotopic (exact) mass is 192 g/mol.